The van der Waals surface area contributed by atoms with Crippen LogP contribution >= 0.6 is 45.2 Å². The molecule has 0 saturated carbocycles. The Hall–Kier alpha value is -1.96. The lowest BCUT2D eigenvalue weighted by Crippen LogP contribution is -2.24. The number of rotatable bonds is 6. The van der Waals surface area contributed by atoms with Gasteiger partial charge in [0, 0.05) is 6.07 Å². The van der Waals surface area contributed by atoms with E-state index in [1.807, 2.05) is 45.2 Å². The van der Waals surface area contributed by atoms with Crippen molar-refractivity contribution in [1.29, 1.82) is 0 Å². The van der Waals surface area contributed by atoms with Gasteiger partial charge in [-0.3, -0.25) is 14.9 Å². The number of phenols is 1. The molecule has 0 heterocycles. The zero-order valence-corrected chi connectivity index (χ0v) is 17.7. The predicted molar refractivity (Wildman–Crippen MR) is 113 cm³/mol. The number of phenolic OH excluding ortho intramolecular Hbond substituents is 1. The molecule has 1 amide bonds. The summed E-state index contributed by atoms with van der Waals surface area (Å²) in [7, 11) is 0. The number of nitro groups is 1. The maximum absolute atomic E-state index is 11.8. The van der Waals surface area contributed by atoms with E-state index in [0.717, 1.165) is 5.56 Å². The molecule has 2 aromatic carbocycles. The molecule has 2 rings (SSSR count). The second-order valence-corrected chi connectivity index (χ2v) is 7.47. The topological polar surface area (TPSA) is 114 Å². The molecule has 2 N–H and O–H groups in total. The maximum Gasteiger partial charge on any atom is 0.311 e. The largest absolute Gasteiger partial charge is 0.506 e. The van der Waals surface area contributed by atoms with Gasteiger partial charge in [-0.1, -0.05) is 6.07 Å². The number of amides is 1. The summed E-state index contributed by atoms with van der Waals surface area (Å²) in [6.45, 7) is 1.32. The molecule has 0 radical (unpaired) electrons. The Morgan fingerprint density at radius 2 is 2.00 bits per heavy atom. The highest BCUT2D eigenvalue weighted by Crippen LogP contribution is 2.28. The van der Waals surface area contributed by atoms with Gasteiger partial charge in [-0.2, -0.15) is 5.10 Å². The van der Waals surface area contributed by atoms with Gasteiger partial charge in [0.05, 0.1) is 18.3 Å². The van der Waals surface area contributed by atoms with Crippen LogP contribution in [-0.4, -0.2) is 28.8 Å². The van der Waals surface area contributed by atoms with E-state index in [2.05, 4.69) is 10.5 Å². The summed E-state index contributed by atoms with van der Waals surface area (Å²) >= 11 is 3.98. The molecular weight excluding hydrogens is 568 g/mol. The first-order valence-corrected chi connectivity index (χ1v) is 9.31. The maximum atomic E-state index is 11.8. The lowest BCUT2D eigenvalue weighted by Gasteiger charge is -2.06. The number of hydrazone groups is 1. The van der Waals surface area contributed by atoms with Crippen molar-refractivity contribution in [3.8, 4) is 11.5 Å². The van der Waals surface area contributed by atoms with Crippen molar-refractivity contribution in [3.05, 3.63) is 58.7 Å². The SMILES string of the molecule is Cc1ccc(OCC(=O)N/N=C\c2cc(I)c(O)c(I)c2)c([N+](=O)[O-])c1. The highest BCUT2D eigenvalue weighted by molar-refractivity contribution is 14.1. The van der Waals surface area contributed by atoms with Gasteiger partial charge in [-0.15, -0.1) is 0 Å². The standard InChI is InChI=1S/C16H13I2N3O5/c1-9-2-3-14(13(4-9)21(24)25)26-8-15(22)20-19-7-10-5-11(17)16(23)12(18)6-10/h2-7,23H,8H2,1H3,(H,20,22)/b19-7-. The molecule has 0 aliphatic heterocycles. The molecule has 0 atom stereocenters. The van der Waals surface area contributed by atoms with E-state index in [0.29, 0.717) is 12.7 Å². The van der Waals surface area contributed by atoms with Gasteiger partial charge in [-0.05, 0) is 81.4 Å². The van der Waals surface area contributed by atoms with Crippen molar-refractivity contribution < 1.29 is 19.6 Å². The van der Waals surface area contributed by atoms with Gasteiger partial charge in [-0.25, -0.2) is 5.43 Å². The van der Waals surface area contributed by atoms with Crippen molar-refractivity contribution in [1.82, 2.24) is 5.43 Å². The van der Waals surface area contributed by atoms with E-state index in [-0.39, 0.29) is 17.2 Å². The fraction of sp³-hybridized carbons (Fsp3) is 0.125. The van der Waals surface area contributed by atoms with Crippen LogP contribution in [0.1, 0.15) is 11.1 Å². The molecule has 136 valence electrons. The predicted octanol–water partition coefficient (Wildman–Crippen LogP) is 3.35. The van der Waals surface area contributed by atoms with Crippen molar-refractivity contribution in [2.45, 2.75) is 6.92 Å². The van der Waals surface area contributed by atoms with Crippen LogP contribution < -0.4 is 10.2 Å². The van der Waals surface area contributed by atoms with E-state index >= 15 is 0 Å². The number of aryl methyl sites for hydroxylation is 1. The van der Waals surface area contributed by atoms with Gasteiger partial charge in [0.15, 0.2) is 12.4 Å². The molecule has 0 saturated heterocycles. The minimum absolute atomic E-state index is 0.0161. The summed E-state index contributed by atoms with van der Waals surface area (Å²) in [5.41, 5.74) is 3.50. The van der Waals surface area contributed by atoms with E-state index in [9.17, 15) is 20.0 Å². The zero-order valence-electron chi connectivity index (χ0n) is 13.4. The average Bonchev–Trinajstić information content (AvgIpc) is 2.58. The first kappa shape index (κ1) is 20.4. The normalized spacial score (nSPS) is 10.7. The molecule has 26 heavy (non-hydrogen) atoms. The first-order chi connectivity index (χ1) is 12.3. The fourth-order valence-corrected chi connectivity index (χ4v) is 3.72. The van der Waals surface area contributed by atoms with E-state index in [1.54, 1.807) is 25.1 Å². The summed E-state index contributed by atoms with van der Waals surface area (Å²) in [5.74, 6) is -0.345. The number of nitro benzene ring substituents is 1. The van der Waals surface area contributed by atoms with Gasteiger partial charge in [0.2, 0.25) is 0 Å². The third-order valence-corrected chi connectivity index (χ3v) is 4.76. The van der Waals surface area contributed by atoms with Crippen molar-refractivity contribution in [2.24, 2.45) is 5.10 Å². The van der Waals surface area contributed by atoms with Gasteiger partial charge < -0.3 is 9.84 Å². The molecule has 10 heteroatoms. The number of carbonyl (C=O) groups is 1. The molecule has 0 unspecified atom stereocenters. The number of carbonyl (C=O) groups excluding carboxylic acids is 1. The monoisotopic (exact) mass is 581 g/mol. The number of halogens is 2. The zero-order chi connectivity index (χ0) is 19.3. The Balaban J connectivity index is 1.95. The van der Waals surface area contributed by atoms with Crippen molar-refractivity contribution in [3.63, 3.8) is 0 Å². The molecule has 0 fully saturated rings. The first-order valence-electron chi connectivity index (χ1n) is 7.15. The highest BCUT2D eigenvalue weighted by atomic mass is 127. The third-order valence-electron chi connectivity index (χ3n) is 3.11. The molecule has 2 aromatic rings. The van der Waals surface area contributed by atoms with Gasteiger partial charge >= 0.3 is 5.69 Å². The molecule has 0 aliphatic rings. The summed E-state index contributed by atoms with van der Waals surface area (Å²) in [4.78, 5) is 22.2. The molecule has 0 bridgehead atoms. The van der Waals surface area contributed by atoms with E-state index in [1.165, 1.54) is 18.3 Å². The minimum Gasteiger partial charge on any atom is -0.506 e. The van der Waals surface area contributed by atoms with E-state index < -0.39 is 17.4 Å². The molecule has 8 nitrogen and oxygen atoms in total. The van der Waals surface area contributed by atoms with Crippen LogP contribution in [0.5, 0.6) is 11.5 Å². The second kappa shape index (κ2) is 9.12. The minimum atomic E-state index is -0.563. The average molecular weight is 581 g/mol. The number of ether oxygens (including phenoxy) is 1. The Morgan fingerprint density at radius 1 is 1.35 bits per heavy atom. The Labute approximate surface area is 176 Å². The number of nitrogens with one attached hydrogen (secondary N) is 1. The van der Waals surface area contributed by atoms with Crippen LogP contribution in [0.4, 0.5) is 5.69 Å². The number of hydrogen-bond acceptors (Lipinski definition) is 6. The lowest BCUT2D eigenvalue weighted by molar-refractivity contribution is -0.385. The number of nitrogens with zero attached hydrogens (tertiary/aromatic N) is 2. The third kappa shape index (κ3) is 5.52. The molecule has 0 spiro atoms. The van der Waals surface area contributed by atoms with Crippen LogP contribution in [0.15, 0.2) is 35.4 Å². The Kier molecular flexibility index (Phi) is 7.14. The van der Waals surface area contributed by atoms with Crippen LogP contribution in [0, 0.1) is 24.2 Å². The molecule has 0 aromatic heterocycles. The molecular formula is C16H13I2N3O5. The highest BCUT2D eigenvalue weighted by Gasteiger charge is 2.16. The summed E-state index contributed by atoms with van der Waals surface area (Å²) < 4.78 is 6.54. The Bertz CT molecular complexity index is 863. The number of benzene rings is 2. The summed E-state index contributed by atoms with van der Waals surface area (Å²) in [6, 6.07) is 7.90. The quantitative estimate of drug-likeness (QED) is 0.235. The van der Waals surface area contributed by atoms with E-state index in [4.69, 9.17) is 4.74 Å². The van der Waals surface area contributed by atoms with Gasteiger partial charge in [0.25, 0.3) is 5.91 Å². The van der Waals surface area contributed by atoms with Crippen LogP contribution in [0.2, 0.25) is 0 Å². The Morgan fingerprint density at radius 3 is 2.62 bits per heavy atom. The van der Waals surface area contributed by atoms with Crippen molar-refractivity contribution in [2.75, 3.05) is 6.61 Å². The second-order valence-electron chi connectivity index (χ2n) is 5.14. The number of hydrogen-bond donors (Lipinski definition) is 2. The fourth-order valence-electron chi connectivity index (χ4n) is 1.91. The molecule has 0 aliphatic carbocycles. The smallest absolute Gasteiger partial charge is 0.311 e. The lowest BCUT2D eigenvalue weighted by atomic mass is 10.2. The van der Waals surface area contributed by atoms with Crippen molar-refractivity contribution >= 4 is 63.0 Å². The summed E-state index contributed by atoms with van der Waals surface area (Å²) in [5, 5.41) is 24.5. The van der Waals surface area contributed by atoms with Crippen LogP contribution in [-0.2, 0) is 4.79 Å². The number of aromatic hydroxyl groups is 1. The van der Waals surface area contributed by atoms with Gasteiger partial charge in [0.1, 0.15) is 5.75 Å². The van der Waals surface area contributed by atoms with Crippen LogP contribution in [0.25, 0.3) is 0 Å². The van der Waals surface area contributed by atoms with Crippen LogP contribution in [0.3, 0.4) is 0 Å². The summed E-state index contributed by atoms with van der Waals surface area (Å²) in [6.07, 6.45) is 1.43.